The number of carbonyl (C=O) groups excluding carboxylic acids is 1. The monoisotopic (exact) mass is 298 g/mol. The number of carbonyl (C=O) groups is 1. The number of thiophene rings is 1. The number of ether oxygens (including phenoxy) is 1. The lowest BCUT2D eigenvalue weighted by Gasteiger charge is -2.09. The highest BCUT2D eigenvalue weighted by Crippen LogP contribution is 2.28. The van der Waals surface area contributed by atoms with Gasteiger partial charge >= 0.3 is 0 Å². The molecule has 5 nitrogen and oxygen atoms in total. The van der Waals surface area contributed by atoms with Crippen molar-refractivity contribution in [1.82, 2.24) is 10.3 Å². The summed E-state index contributed by atoms with van der Waals surface area (Å²) in [5.74, 6) is -0.226. The Morgan fingerprint density at radius 1 is 1.63 bits per heavy atom. The van der Waals surface area contributed by atoms with Gasteiger partial charge in [0, 0.05) is 13.7 Å². The third-order valence-corrected chi connectivity index (χ3v) is 4.35. The number of hydrogen-bond donors (Lipinski definition) is 2. The first-order valence-corrected chi connectivity index (χ1v) is 7.35. The van der Waals surface area contributed by atoms with Crippen LogP contribution >= 0.6 is 22.7 Å². The number of amides is 1. The van der Waals surface area contributed by atoms with Crippen molar-refractivity contribution in [1.29, 1.82) is 0 Å². The second kappa shape index (κ2) is 6.76. The molecule has 1 atom stereocenters. The standard InChI is InChI=1S/C12H14N2O3S2/c1-17-7-8(15)5-13-11(16)10-6-14-12(19-10)9-3-2-4-18-9/h2-4,6,8,15H,5,7H2,1H3,(H,13,16). The summed E-state index contributed by atoms with van der Waals surface area (Å²) in [4.78, 5) is 17.7. The van der Waals surface area contributed by atoms with Crippen molar-refractivity contribution in [2.45, 2.75) is 6.10 Å². The van der Waals surface area contributed by atoms with Crippen LogP contribution in [0.25, 0.3) is 9.88 Å². The summed E-state index contributed by atoms with van der Waals surface area (Å²) < 4.78 is 4.79. The molecule has 0 fully saturated rings. The average molecular weight is 298 g/mol. The molecule has 2 heterocycles. The zero-order valence-electron chi connectivity index (χ0n) is 10.3. The molecule has 2 rings (SSSR count). The van der Waals surface area contributed by atoms with Gasteiger partial charge in [-0.1, -0.05) is 6.07 Å². The summed E-state index contributed by atoms with van der Waals surface area (Å²) in [5.41, 5.74) is 0. The van der Waals surface area contributed by atoms with E-state index in [0.717, 1.165) is 9.88 Å². The van der Waals surface area contributed by atoms with E-state index >= 15 is 0 Å². The Kier molecular flexibility index (Phi) is 5.03. The van der Waals surface area contributed by atoms with Crippen LogP contribution in [-0.2, 0) is 4.74 Å². The molecule has 0 radical (unpaired) electrons. The van der Waals surface area contributed by atoms with Crippen LogP contribution in [-0.4, -0.2) is 42.4 Å². The highest BCUT2D eigenvalue weighted by molar-refractivity contribution is 7.21. The zero-order chi connectivity index (χ0) is 13.7. The summed E-state index contributed by atoms with van der Waals surface area (Å²) in [6.07, 6.45) is 0.858. The Morgan fingerprint density at radius 3 is 3.16 bits per heavy atom. The number of rotatable bonds is 6. The van der Waals surface area contributed by atoms with E-state index in [0.29, 0.717) is 4.88 Å². The van der Waals surface area contributed by atoms with Gasteiger partial charge in [0.25, 0.3) is 5.91 Å². The predicted molar refractivity (Wildman–Crippen MR) is 75.6 cm³/mol. The molecule has 0 aliphatic carbocycles. The average Bonchev–Trinajstić information content (AvgIpc) is 3.06. The minimum absolute atomic E-state index is 0.166. The first kappa shape index (κ1) is 14.1. The molecule has 0 bridgehead atoms. The Balaban J connectivity index is 1.93. The lowest BCUT2D eigenvalue weighted by atomic mass is 10.3. The van der Waals surface area contributed by atoms with Crippen LogP contribution in [0.3, 0.4) is 0 Å². The summed E-state index contributed by atoms with van der Waals surface area (Å²) in [6, 6.07) is 3.91. The second-order valence-corrected chi connectivity index (χ2v) is 5.80. The van der Waals surface area contributed by atoms with Crippen LogP contribution in [0.1, 0.15) is 9.67 Å². The summed E-state index contributed by atoms with van der Waals surface area (Å²) in [6.45, 7) is 0.363. The van der Waals surface area contributed by atoms with Gasteiger partial charge in [0.2, 0.25) is 0 Å². The normalized spacial score (nSPS) is 12.3. The molecule has 2 aromatic heterocycles. The molecule has 1 unspecified atom stereocenters. The fourth-order valence-corrected chi connectivity index (χ4v) is 3.08. The molecular formula is C12H14N2O3S2. The van der Waals surface area contributed by atoms with Crippen molar-refractivity contribution in [2.75, 3.05) is 20.3 Å². The number of methoxy groups -OCH3 is 1. The minimum Gasteiger partial charge on any atom is -0.389 e. The number of nitrogens with one attached hydrogen (secondary N) is 1. The molecule has 2 N–H and O–H groups in total. The van der Waals surface area contributed by atoms with Crippen molar-refractivity contribution in [3.05, 3.63) is 28.6 Å². The predicted octanol–water partition coefficient (Wildman–Crippen LogP) is 1.61. The van der Waals surface area contributed by atoms with Gasteiger partial charge in [-0.25, -0.2) is 4.98 Å². The highest BCUT2D eigenvalue weighted by atomic mass is 32.1. The molecule has 19 heavy (non-hydrogen) atoms. The minimum atomic E-state index is -0.696. The van der Waals surface area contributed by atoms with Crippen LogP contribution in [0.2, 0.25) is 0 Å². The molecular weight excluding hydrogens is 284 g/mol. The van der Waals surface area contributed by atoms with E-state index in [9.17, 15) is 9.90 Å². The third-order valence-electron chi connectivity index (χ3n) is 2.32. The maximum Gasteiger partial charge on any atom is 0.263 e. The fourth-order valence-electron chi connectivity index (χ4n) is 1.44. The molecule has 0 spiro atoms. The summed E-state index contributed by atoms with van der Waals surface area (Å²) in [5, 5.41) is 14.9. The van der Waals surface area contributed by atoms with Crippen LogP contribution in [0.5, 0.6) is 0 Å². The number of nitrogens with zero attached hydrogens (tertiary/aromatic N) is 1. The maximum absolute atomic E-state index is 11.8. The molecule has 0 aromatic carbocycles. The lowest BCUT2D eigenvalue weighted by molar-refractivity contribution is 0.0610. The Bertz CT molecular complexity index is 525. The van der Waals surface area contributed by atoms with Crippen LogP contribution in [0, 0.1) is 0 Å². The van der Waals surface area contributed by atoms with E-state index in [4.69, 9.17) is 4.74 Å². The van der Waals surface area contributed by atoms with Gasteiger partial charge in [0.1, 0.15) is 9.88 Å². The molecule has 102 valence electrons. The largest absolute Gasteiger partial charge is 0.389 e. The van der Waals surface area contributed by atoms with Crippen molar-refractivity contribution in [2.24, 2.45) is 0 Å². The van der Waals surface area contributed by atoms with Crippen LogP contribution in [0.15, 0.2) is 23.7 Å². The Hall–Kier alpha value is -1.28. The van der Waals surface area contributed by atoms with Crippen molar-refractivity contribution >= 4 is 28.6 Å². The van der Waals surface area contributed by atoms with Crippen molar-refractivity contribution in [3.63, 3.8) is 0 Å². The molecule has 2 aromatic rings. The zero-order valence-corrected chi connectivity index (χ0v) is 12.0. The molecule has 7 heteroatoms. The number of thiazole rings is 1. The van der Waals surface area contributed by atoms with Crippen LogP contribution in [0.4, 0.5) is 0 Å². The van der Waals surface area contributed by atoms with Gasteiger partial charge in [-0.2, -0.15) is 0 Å². The smallest absolute Gasteiger partial charge is 0.263 e. The summed E-state index contributed by atoms with van der Waals surface area (Å²) >= 11 is 2.92. The SMILES string of the molecule is COCC(O)CNC(=O)c1cnc(-c2cccs2)s1. The topological polar surface area (TPSA) is 71.5 Å². The summed E-state index contributed by atoms with van der Waals surface area (Å²) in [7, 11) is 1.50. The highest BCUT2D eigenvalue weighted by Gasteiger charge is 2.13. The second-order valence-electron chi connectivity index (χ2n) is 3.83. The lowest BCUT2D eigenvalue weighted by Crippen LogP contribution is -2.33. The fraction of sp³-hybridized carbons (Fsp3) is 0.333. The van der Waals surface area contributed by atoms with Crippen LogP contribution < -0.4 is 5.32 Å². The molecule has 0 aliphatic heterocycles. The van der Waals surface area contributed by atoms with E-state index in [1.807, 2.05) is 17.5 Å². The Morgan fingerprint density at radius 2 is 2.47 bits per heavy atom. The van der Waals surface area contributed by atoms with E-state index in [-0.39, 0.29) is 19.1 Å². The molecule has 1 amide bonds. The third kappa shape index (κ3) is 3.84. The number of aromatic nitrogens is 1. The van der Waals surface area contributed by atoms with Crippen molar-refractivity contribution < 1.29 is 14.6 Å². The first-order valence-electron chi connectivity index (χ1n) is 5.65. The molecule has 0 saturated carbocycles. The van der Waals surface area contributed by atoms with Gasteiger partial charge in [0.05, 0.1) is 23.8 Å². The van der Waals surface area contributed by atoms with Gasteiger partial charge in [-0.3, -0.25) is 4.79 Å². The Labute approximate surface area is 118 Å². The number of aliphatic hydroxyl groups excluding tert-OH is 1. The van der Waals surface area contributed by atoms with Gasteiger partial charge in [-0.15, -0.1) is 22.7 Å². The van der Waals surface area contributed by atoms with E-state index < -0.39 is 6.10 Å². The van der Waals surface area contributed by atoms with Gasteiger partial charge in [-0.05, 0) is 11.4 Å². The molecule has 0 saturated heterocycles. The van der Waals surface area contributed by atoms with E-state index in [1.165, 1.54) is 18.4 Å². The quantitative estimate of drug-likeness (QED) is 0.850. The first-order chi connectivity index (χ1) is 9.20. The van der Waals surface area contributed by atoms with E-state index in [2.05, 4.69) is 10.3 Å². The van der Waals surface area contributed by atoms with E-state index in [1.54, 1.807) is 17.5 Å². The van der Waals surface area contributed by atoms with Gasteiger partial charge < -0.3 is 15.2 Å². The number of aliphatic hydroxyl groups is 1. The molecule has 0 aliphatic rings. The maximum atomic E-state index is 11.8. The number of hydrogen-bond acceptors (Lipinski definition) is 6. The van der Waals surface area contributed by atoms with Gasteiger partial charge in [0.15, 0.2) is 0 Å². The van der Waals surface area contributed by atoms with Crippen molar-refractivity contribution in [3.8, 4) is 9.88 Å².